The molecule has 0 aromatic heterocycles. The molecule has 1 aromatic carbocycles. The number of nitrogens with one attached hydrogen (secondary N) is 2. The van der Waals surface area contributed by atoms with Gasteiger partial charge in [0.2, 0.25) is 5.91 Å². The van der Waals surface area contributed by atoms with E-state index in [1.807, 2.05) is 0 Å². The summed E-state index contributed by atoms with van der Waals surface area (Å²) in [5.41, 5.74) is 0.392. The van der Waals surface area contributed by atoms with E-state index in [9.17, 15) is 13.6 Å². The Bertz CT molecular complexity index is 427. The maximum Gasteiger partial charge on any atom is 0.222 e. The quantitative estimate of drug-likeness (QED) is 0.688. The summed E-state index contributed by atoms with van der Waals surface area (Å²) in [6, 6.07) is 2.14. The fourth-order valence-electron chi connectivity index (χ4n) is 1.43. The van der Waals surface area contributed by atoms with E-state index >= 15 is 0 Å². The van der Waals surface area contributed by atoms with Gasteiger partial charge in [0.15, 0.2) is 17.4 Å². The van der Waals surface area contributed by atoms with Crippen LogP contribution < -0.4 is 10.6 Å². The largest absolute Gasteiger partial charge is 0.503 e. The molecule has 0 bridgehead atoms. The smallest absolute Gasteiger partial charge is 0.222 e. The first-order valence-corrected chi connectivity index (χ1v) is 6.07. The van der Waals surface area contributed by atoms with Gasteiger partial charge in [-0.1, -0.05) is 13.8 Å². The number of halogens is 2. The van der Waals surface area contributed by atoms with Gasteiger partial charge in [-0.2, -0.15) is 0 Å². The van der Waals surface area contributed by atoms with Gasteiger partial charge in [0.25, 0.3) is 0 Å². The maximum atomic E-state index is 13.0. The van der Waals surface area contributed by atoms with E-state index in [-0.39, 0.29) is 18.4 Å². The highest BCUT2D eigenvalue weighted by atomic mass is 19.1. The Morgan fingerprint density at radius 1 is 1.26 bits per heavy atom. The van der Waals surface area contributed by atoms with Gasteiger partial charge in [-0.25, -0.2) is 8.78 Å². The van der Waals surface area contributed by atoms with Crippen molar-refractivity contribution in [3.63, 3.8) is 0 Å². The van der Waals surface area contributed by atoms with Gasteiger partial charge in [-0.05, 0) is 17.7 Å². The van der Waals surface area contributed by atoms with Crippen LogP contribution in [0, 0.1) is 17.6 Å². The highest BCUT2D eigenvalue weighted by Crippen LogP contribution is 2.21. The van der Waals surface area contributed by atoms with E-state index in [4.69, 9.17) is 5.11 Å². The Hall–Kier alpha value is -1.69. The van der Waals surface area contributed by atoms with Crippen LogP contribution in [0.25, 0.3) is 0 Å². The van der Waals surface area contributed by atoms with Crippen molar-refractivity contribution in [3.8, 4) is 5.75 Å². The van der Waals surface area contributed by atoms with E-state index in [0.717, 1.165) is 12.1 Å². The SMILES string of the molecule is CC(C)C(=O)NCCNCc1cc(F)c(O)c(F)c1. The number of aromatic hydroxyl groups is 1. The zero-order chi connectivity index (χ0) is 14.4. The van der Waals surface area contributed by atoms with Crippen molar-refractivity contribution >= 4 is 5.91 Å². The number of amides is 1. The molecule has 1 aromatic rings. The number of carbonyl (C=O) groups is 1. The van der Waals surface area contributed by atoms with Crippen molar-refractivity contribution < 1.29 is 18.7 Å². The van der Waals surface area contributed by atoms with Crippen LogP contribution in [0.15, 0.2) is 12.1 Å². The number of hydrogen-bond donors (Lipinski definition) is 3. The fraction of sp³-hybridized carbons (Fsp3) is 0.462. The first-order valence-electron chi connectivity index (χ1n) is 6.07. The van der Waals surface area contributed by atoms with Crippen LogP contribution in [0.1, 0.15) is 19.4 Å². The van der Waals surface area contributed by atoms with Crippen LogP contribution in [0.2, 0.25) is 0 Å². The lowest BCUT2D eigenvalue weighted by molar-refractivity contribution is -0.123. The average molecular weight is 272 g/mol. The summed E-state index contributed by atoms with van der Waals surface area (Å²) in [6.07, 6.45) is 0. The molecule has 106 valence electrons. The minimum Gasteiger partial charge on any atom is -0.503 e. The van der Waals surface area contributed by atoms with Crippen LogP contribution in [-0.4, -0.2) is 24.1 Å². The zero-order valence-electron chi connectivity index (χ0n) is 11.0. The highest BCUT2D eigenvalue weighted by Gasteiger charge is 2.09. The number of phenols is 1. The van der Waals surface area contributed by atoms with Gasteiger partial charge in [0, 0.05) is 25.6 Å². The predicted molar refractivity (Wildman–Crippen MR) is 67.6 cm³/mol. The lowest BCUT2D eigenvalue weighted by Gasteiger charge is -2.09. The first kappa shape index (κ1) is 15.4. The maximum absolute atomic E-state index is 13.0. The molecule has 4 nitrogen and oxygen atoms in total. The van der Waals surface area contributed by atoms with Crippen LogP contribution in [0.5, 0.6) is 5.75 Å². The van der Waals surface area contributed by atoms with Crippen molar-refractivity contribution in [2.24, 2.45) is 5.92 Å². The van der Waals surface area contributed by atoms with E-state index in [0.29, 0.717) is 18.7 Å². The van der Waals surface area contributed by atoms with Crippen molar-refractivity contribution in [1.82, 2.24) is 10.6 Å². The Kier molecular flexibility index (Phi) is 5.69. The molecule has 3 N–H and O–H groups in total. The average Bonchev–Trinajstić information content (AvgIpc) is 2.34. The topological polar surface area (TPSA) is 61.4 Å². The molecule has 0 radical (unpaired) electrons. The monoisotopic (exact) mass is 272 g/mol. The van der Waals surface area contributed by atoms with Crippen LogP contribution in [-0.2, 0) is 11.3 Å². The second-order valence-electron chi connectivity index (χ2n) is 4.53. The lowest BCUT2D eigenvalue weighted by Crippen LogP contribution is -2.34. The molecule has 0 saturated heterocycles. The van der Waals surface area contributed by atoms with Gasteiger partial charge < -0.3 is 15.7 Å². The Morgan fingerprint density at radius 2 is 1.84 bits per heavy atom. The standard InChI is InChI=1S/C13H18F2N2O2/c1-8(2)13(19)17-4-3-16-7-9-5-10(14)12(18)11(15)6-9/h5-6,8,16,18H,3-4,7H2,1-2H3,(H,17,19). The summed E-state index contributed by atoms with van der Waals surface area (Å²) in [5.74, 6) is -3.04. The van der Waals surface area contributed by atoms with Gasteiger partial charge in [-0.3, -0.25) is 4.79 Å². The minimum atomic E-state index is -0.982. The van der Waals surface area contributed by atoms with Crippen LogP contribution in [0.3, 0.4) is 0 Å². The van der Waals surface area contributed by atoms with Crippen LogP contribution in [0.4, 0.5) is 8.78 Å². The second kappa shape index (κ2) is 7.04. The molecule has 0 fully saturated rings. The van der Waals surface area contributed by atoms with Crippen LogP contribution >= 0.6 is 0 Å². The second-order valence-corrected chi connectivity index (χ2v) is 4.53. The molecule has 1 rings (SSSR count). The zero-order valence-corrected chi connectivity index (χ0v) is 11.0. The molecule has 0 spiro atoms. The third-order valence-corrected chi connectivity index (χ3v) is 2.53. The third-order valence-electron chi connectivity index (χ3n) is 2.53. The molecule has 1 amide bonds. The molecule has 0 aliphatic heterocycles. The summed E-state index contributed by atoms with van der Waals surface area (Å²) in [7, 11) is 0. The molecule has 0 heterocycles. The Morgan fingerprint density at radius 3 is 2.37 bits per heavy atom. The molecule has 19 heavy (non-hydrogen) atoms. The number of phenolic OH excluding ortho intramolecular Hbond substituents is 1. The number of benzene rings is 1. The fourth-order valence-corrected chi connectivity index (χ4v) is 1.43. The normalized spacial score (nSPS) is 10.8. The van der Waals surface area contributed by atoms with Crippen molar-refractivity contribution in [3.05, 3.63) is 29.3 Å². The molecule has 0 atom stereocenters. The van der Waals surface area contributed by atoms with Crippen molar-refractivity contribution in [2.45, 2.75) is 20.4 Å². The summed E-state index contributed by atoms with van der Waals surface area (Å²) in [6.45, 7) is 4.78. The van der Waals surface area contributed by atoms with Gasteiger partial charge in [0.1, 0.15) is 0 Å². The molecule has 0 aliphatic carbocycles. The summed E-state index contributed by atoms with van der Waals surface area (Å²) >= 11 is 0. The third kappa shape index (κ3) is 4.82. The molecule has 0 unspecified atom stereocenters. The molecule has 0 saturated carbocycles. The Balaban J connectivity index is 2.32. The molecule has 6 heteroatoms. The number of hydrogen-bond acceptors (Lipinski definition) is 3. The predicted octanol–water partition coefficient (Wildman–Crippen LogP) is 1.53. The highest BCUT2D eigenvalue weighted by molar-refractivity contribution is 5.77. The van der Waals surface area contributed by atoms with Crippen molar-refractivity contribution in [1.29, 1.82) is 0 Å². The number of rotatable bonds is 6. The summed E-state index contributed by atoms with van der Waals surface area (Å²) in [5, 5.41) is 14.6. The first-order chi connectivity index (χ1) is 8.91. The molecular weight excluding hydrogens is 254 g/mol. The van der Waals surface area contributed by atoms with Gasteiger partial charge >= 0.3 is 0 Å². The summed E-state index contributed by atoms with van der Waals surface area (Å²) in [4.78, 5) is 11.2. The van der Waals surface area contributed by atoms with E-state index in [2.05, 4.69) is 10.6 Å². The van der Waals surface area contributed by atoms with E-state index in [1.54, 1.807) is 13.8 Å². The molecule has 0 aliphatic rings. The van der Waals surface area contributed by atoms with Gasteiger partial charge in [0.05, 0.1) is 0 Å². The van der Waals surface area contributed by atoms with E-state index in [1.165, 1.54) is 0 Å². The van der Waals surface area contributed by atoms with Crippen molar-refractivity contribution in [2.75, 3.05) is 13.1 Å². The molecular formula is C13H18F2N2O2. The van der Waals surface area contributed by atoms with E-state index < -0.39 is 17.4 Å². The number of carbonyl (C=O) groups excluding carboxylic acids is 1. The minimum absolute atomic E-state index is 0.0384. The lowest BCUT2D eigenvalue weighted by atomic mass is 10.2. The van der Waals surface area contributed by atoms with Gasteiger partial charge in [-0.15, -0.1) is 0 Å². The summed E-state index contributed by atoms with van der Waals surface area (Å²) < 4.78 is 26.1. The Labute approximate surface area is 110 Å².